The Bertz CT molecular complexity index is 796. The second kappa shape index (κ2) is 7.29. The number of rotatable bonds is 5. The van der Waals surface area contributed by atoms with Crippen LogP contribution in [0, 0.1) is 5.92 Å². The molecule has 26 heavy (non-hydrogen) atoms. The monoisotopic (exact) mass is 354 g/mol. The zero-order valence-corrected chi connectivity index (χ0v) is 14.5. The quantitative estimate of drug-likeness (QED) is 0.857. The van der Waals surface area contributed by atoms with Crippen molar-refractivity contribution in [3.05, 3.63) is 36.5 Å². The van der Waals surface area contributed by atoms with Crippen LogP contribution in [0.2, 0.25) is 0 Å². The van der Waals surface area contributed by atoms with E-state index in [1.54, 1.807) is 10.9 Å². The topological polar surface area (TPSA) is 85.2 Å². The molecule has 136 valence electrons. The van der Waals surface area contributed by atoms with Gasteiger partial charge >= 0.3 is 0 Å². The summed E-state index contributed by atoms with van der Waals surface area (Å²) in [5.74, 6) is 0.00900. The first kappa shape index (κ1) is 16.8. The summed E-state index contributed by atoms with van der Waals surface area (Å²) in [6.07, 6.45) is 4.02. The van der Waals surface area contributed by atoms with E-state index in [2.05, 4.69) is 15.7 Å². The number of nitrogens with one attached hydrogen (secondary N) is 2. The summed E-state index contributed by atoms with van der Waals surface area (Å²) >= 11 is 0. The lowest BCUT2D eigenvalue weighted by Gasteiger charge is -2.24. The Balaban J connectivity index is 1.40. The second-order valence-electron chi connectivity index (χ2n) is 6.78. The van der Waals surface area contributed by atoms with Crippen molar-refractivity contribution in [3.8, 4) is 11.1 Å². The van der Waals surface area contributed by atoms with E-state index >= 15 is 0 Å². The largest absolute Gasteiger partial charge is 0.376 e. The molecule has 0 aliphatic carbocycles. The van der Waals surface area contributed by atoms with E-state index in [1.165, 1.54) is 0 Å². The highest BCUT2D eigenvalue weighted by Gasteiger charge is 2.30. The average molecular weight is 354 g/mol. The van der Waals surface area contributed by atoms with Gasteiger partial charge in [0.05, 0.1) is 24.8 Å². The van der Waals surface area contributed by atoms with E-state index in [0.29, 0.717) is 18.9 Å². The molecule has 2 amide bonds. The summed E-state index contributed by atoms with van der Waals surface area (Å²) < 4.78 is 7.26. The van der Waals surface area contributed by atoms with Crippen molar-refractivity contribution in [2.45, 2.75) is 31.9 Å². The van der Waals surface area contributed by atoms with E-state index in [1.807, 2.05) is 30.3 Å². The molecule has 0 bridgehead atoms. The Labute approximate surface area is 151 Å². The zero-order valence-electron chi connectivity index (χ0n) is 14.5. The molecule has 0 radical (unpaired) electrons. The summed E-state index contributed by atoms with van der Waals surface area (Å²) in [5, 5.41) is 10.2. The Morgan fingerprint density at radius 1 is 1.35 bits per heavy atom. The molecule has 0 unspecified atom stereocenters. The summed E-state index contributed by atoms with van der Waals surface area (Å²) in [6.45, 7) is 1.68. The molecule has 7 nitrogen and oxygen atoms in total. The highest BCUT2D eigenvalue weighted by molar-refractivity contribution is 5.98. The summed E-state index contributed by atoms with van der Waals surface area (Å²) in [5.41, 5.74) is 1.89. The molecule has 2 N–H and O–H groups in total. The zero-order chi connectivity index (χ0) is 17.9. The smallest absolute Gasteiger partial charge is 0.231 e. The third-order valence-electron chi connectivity index (χ3n) is 4.91. The maximum atomic E-state index is 12.5. The first-order valence-corrected chi connectivity index (χ1v) is 9.01. The number of benzene rings is 1. The van der Waals surface area contributed by atoms with Crippen molar-refractivity contribution in [2.24, 2.45) is 5.92 Å². The number of anilines is 1. The highest BCUT2D eigenvalue weighted by Crippen LogP contribution is 2.31. The summed E-state index contributed by atoms with van der Waals surface area (Å²) in [7, 11) is 0. The molecule has 3 heterocycles. The molecule has 2 atom stereocenters. The summed E-state index contributed by atoms with van der Waals surface area (Å²) in [4.78, 5) is 24.7. The van der Waals surface area contributed by atoms with Crippen LogP contribution in [0.4, 0.5) is 5.82 Å². The molecule has 1 saturated heterocycles. The van der Waals surface area contributed by atoms with E-state index in [9.17, 15) is 9.59 Å². The highest BCUT2D eigenvalue weighted by atomic mass is 16.5. The van der Waals surface area contributed by atoms with Gasteiger partial charge in [-0.25, -0.2) is 4.68 Å². The van der Waals surface area contributed by atoms with E-state index in [0.717, 1.165) is 30.6 Å². The maximum Gasteiger partial charge on any atom is 0.231 e. The molecule has 2 aromatic rings. The number of carbonyl (C=O) groups excluding carboxylic acids is 2. The fraction of sp³-hybridized carbons (Fsp3) is 0.421. The number of carbonyl (C=O) groups is 2. The standard InChI is InChI=1S/C19H22N4O3/c24-17(20-10-15-7-4-8-26-15)9-14-12-23-18(22-19(14)25)16(11-21-23)13-5-2-1-3-6-13/h1-3,5-6,11,14-15H,4,7-10,12H2,(H,20,24)(H,22,25)/t14-,15-/m1/s1. The van der Waals surface area contributed by atoms with Gasteiger partial charge in [-0.3, -0.25) is 9.59 Å². The average Bonchev–Trinajstić information content (AvgIpc) is 3.31. The summed E-state index contributed by atoms with van der Waals surface area (Å²) in [6, 6.07) is 9.81. The normalized spacial score (nSPS) is 21.9. The number of fused-ring (bicyclic) bond motifs is 1. The van der Waals surface area contributed by atoms with Crippen molar-refractivity contribution >= 4 is 17.6 Å². The molecular weight excluding hydrogens is 332 g/mol. The molecule has 0 saturated carbocycles. The van der Waals surface area contributed by atoms with Crippen LogP contribution in [0.5, 0.6) is 0 Å². The lowest BCUT2D eigenvalue weighted by molar-refractivity contribution is -0.128. The minimum Gasteiger partial charge on any atom is -0.376 e. The van der Waals surface area contributed by atoms with Crippen LogP contribution in [0.25, 0.3) is 11.1 Å². The van der Waals surface area contributed by atoms with Gasteiger partial charge in [0.2, 0.25) is 11.8 Å². The van der Waals surface area contributed by atoms with Crippen LogP contribution in [0.1, 0.15) is 19.3 Å². The van der Waals surface area contributed by atoms with E-state index in [4.69, 9.17) is 4.74 Å². The molecule has 7 heteroatoms. The van der Waals surface area contributed by atoms with E-state index < -0.39 is 5.92 Å². The fourth-order valence-electron chi connectivity index (χ4n) is 3.48. The van der Waals surface area contributed by atoms with Crippen molar-refractivity contribution < 1.29 is 14.3 Å². The van der Waals surface area contributed by atoms with Crippen molar-refractivity contribution in [3.63, 3.8) is 0 Å². The molecule has 0 spiro atoms. The minimum atomic E-state index is -0.421. The van der Waals surface area contributed by atoms with Crippen molar-refractivity contribution in [1.82, 2.24) is 15.1 Å². The fourth-order valence-corrected chi connectivity index (χ4v) is 3.48. The molecular formula is C19H22N4O3. The predicted octanol–water partition coefficient (Wildman–Crippen LogP) is 1.80. The lowest BCUT2D eigenvalue weighted by Crippen LogP contribution is -2.39. The van der Waals surface area contributed by atoms with Gasteiger partial charge < -0.3 is 15.4 Å². The van der Waals surface area contributed by atoms with Gasteiger partial charge in [-0.05, 0) is 18.4 Å². The number of amides is 2. The molecule has 2 aliphatic rings. The van der Waals surface area contributed by atoms with Gasteiger partial charge in [-0.15, -0.1) is 0 Å². The maximum absolute atomic E-state index is 12.5. The second-order valence-corrected chi connectivity index (χ2v) is 6.78. The number of hydrogen-bond donors (Lipinski definition) is 2. The first-order chi connectivity index (χ1) is 12.7. The van der Waals surface area contributed by atoms with Gasteiger partial charge in [0.1, 0.15) is 5.82 Å². The first-order valence-electron chi connectivity index (χ1n) is 9.01. The number of nitrogens with zero attached hydrogens (tertiary/aromatic N) is 2. The predicted molar refractivity (Wildman–Crippen MR) is 96.4 cm³/mol. The lowest BCUT2D eigenvalue weighted by atomic mass is 10.0. The van der Waals surface area contributed by atoms with E-state index in [-0.39, 0.29) is 24.3 Å². The Hall–Kier alpha value is -2.67. The van der Waals surface area contributed by atoms with Gasteiger partial charge in [0.25, 0.3) is 0 Å². The third-order valence-corrected chi connectivity index (χ3v) is 4.91. The van der Waals surface area contributed by atoms with Gasteiger partial charge in [-0.1, -0.05) is 30.3 Å². The van der Waals surface area contributed by atoms with Crippen LogP contribution in [-0.2, 0) is 20.9 Å². The minimum absolute atomic E-state index is 0.102. The van der Waals surface area contributed by atoms with Crippen LogP contribution >= 0.6 is 0 Å². The SMILES string of the molecule is O=C(C[C@@H]1Cn2ncc(-c3ccccc3)c2NC1=O)NC[C@H]1CCCO1. The Morgan fingerprint density at radius 2 is 2.19 bits per heavy atom. The molecule has 1 fully saturated rings. The van der Waals surface area contributed by atoms with Crippen molar-refractivity contribution in [2.75, 3.05) is 18.5 Å². The van der Waals surface area contributed by atoms with Gasteiger partial charge in [0, 0.05) is 25.1 Å². The molecule has 1 aromatic carbocycles. The number of ether oxygens (including phenoxy) is 1. The van der Waals surface area contributed by atoms with Crippen LogP contribution in [-0.4, -0.2) is 40.9 Å². The molecule has 1 aromatic heterocycles. The van der Waals surface area contributed by atoms with Gasteiger partial charge in [-0.2, -0.15) is 5.10 Å². The number of aromatic nitrogens is 2. The van der Waals surface area contributed by atoms with Gasteiger partial charge in [0.15, 0.2) is 0 Å². The van der Waals surface area contributed by atoms with Crippen molar-refractivity contribution in [1.29, 1.82) is 0 Å². The van der Waals surface area contributed by atoms with Crippen LogP contribution in [0.15, 0.2) is 36.5 Å². The molecule has 4 rings (SSSR count). The third kappa shape index (κ3) is 3.48. The Morgan fingerprint density at radius 3 is 2.96 bits per heavy atom. The molecule has 2 aliphatic heterocycles. The van der Waals surface area contributed by atoms with Crippen LogP contribution in [0.3, 0.4) is 0 Å². The Kier molecular flexibility index (Phi) is 4.71. The van der Waals surface area contributed by atoms with Crippen LogP contribution < -0.4 is 10.6 Å². The number of hydrogen-bond acceptors (Lipinski definition) is 4.